The summed E-state index contributed by atoms with van der Waals surface area (Å²) in [6.07, 6.45) is 0. The summed E-state index contributed by atoms with van der Waals surface area (Å²) in [7, 11) is 1.56. The number of nitrogens with two attached hydrogens (primary N) is 1. The highest BCUT2D eigenvalue weighted by Crippen LogP contribution is 2.36. The molecule has 0 unspecified atom stereocenters. The van der Waals surface area contributed by atoms with Crippen LogP contribution in [0.15, 0.2) is 47.3 Å². The topological polar surface area (TPSA) is 161 Å². The molecule has 1 aromatic heterocycles. The molecule has 0 aliphatic rings. The fourth-order valence-corrected chi connectivity index (χ4v) is 3.31. The average Bonchev–Trinajstić information content (AvgIpc) is 2.77. The number of aromatic amines is 1. The molecule has 0 aliphatic heterocycles. The molecule has 0 radical (unpaired) electrons. The Morgan fingerprint density at radius 2 is 1.73 bits per heavy atom. The van der Waals surface area contributed by atoms with Crippen LogP contribution in [0.2, 0.25) is 0 Å². The fourth-order valence-electron chi connectivity index (χ4n) is 3.31. The van der Waals surface area contributed by atoms with Gasteiger partial charge >= 0.3 is 11.9 Å². The number of carboxylic acids is 2. The molecule has 1 heterocycles. The minimum atomic E-state index is -1.59. The van der Waals surface area contributed by atoms with Crippen LogP contribution in [0.25, 0.3) is 11.1 Å². The maximum absolute atomic E-state index is 12.3. The van der Waals surface area contributed by atoms with Crippen molar-refractivity contribution in [2.45, 2.75) is 13.5 Å². The zero-order chi connectivity index (χ0) is 24.1. The van der Waals surface area contributed by atoms with Crippen molar-refractivity contribution in [3.63, 3.8) is 0 Å². The van der Waals surface area contributed by atoms with E-state index in [4.69, 9.17) is 19.9 Å². The van der Waals surface area contributed by atoms with Crippen LogP contribution in [0.1, 0.15) is 33.2 Å². The molecule has 0 amide bonds. The molecule has 3 rings (SSSR count). The van der Waals surface area contributed by atoms with Crippen LogP contribution >= 0.6 is 0 Å². The highest BCUT2D eigenvalue weighted by molar-refractivity contribution is 6.07. The van der Waals surface area contributed by atoms with Gasteiger partial charge in [-0.1, -0.05) is 18.2 Å². The van der Waals surface area contributed by atoms with E-state index in [2.05, 4.69) is 4.98 Å². The molecule has 0 fully saturated rings. The minimum Gasteiger partial charge on any atom is -0.497 e. The summed E-state index contributed by atoms with van der Waals surface area (Å²) in [5.74, 6) is -2.28. The van der Waals surface area contributed by atoms with Gasteiger partial charge in [0.1, 0.15) is 29.3 Å². The van der Waals surface area contributed by atoms with Gasteiger partial charge in [0.2, 0.25) is 0 Å². The van der Waals surface area contributed by atoms with Gasteiger partial charge in [-0.15, -0.1) is 0 Å². The predicted octanol–water partition coefficient (Wildman–Crippen LogP) is 3.01. The number of ether oxygens (including phenoxy) is 3. The second-order valence-corrected chi connectivity index (χ2v) is 6.84. The summed E-state index contributed by atoms with van der Waals surface area (Å²) in [5.41, 5.74) is 4.05. The number of nitrogen functional groups attached to an aromatic ring is 1. The van der Waals surface area contributed by atoms with Gasteiger partial charge in [-0.05, 0) is 42.3 Å². The van der Waals surface area contributed by atoms with E-state index in [0.29, 0.717) is 11.5 Å². The first-order valence-electron chi connectivity index (χ1n) is 9.82. The molecule has 10 nitrogen and oxygen atoms in total. The van der Waals surface area contributed by atoms with Crippen LogP contribution < -0.4 is 25.5 Å². The molecule has 0 bridgehead atoms. The number of anilines is 1. The molecular formula is C23H22N2O8. The first kappa shape index (κ1) is 23.2. The van der Waals surface area contributed by atoms with Crippen molar-refractivity contribution in [2.24, 2.45) is 0 Å². The highest BCUT2D eigenvalue weighted by Gasteiger charge is 2.27. The first-order valence-corrected chi connectivity index (χ1v) is 9.82. The zero-order valence-electron chi connectivity index (χ0n) is 17.9. The Hall–Kier alpha value is -4.47. The lowest BCUT2D eigenvalue weighted by atomic mass is 9.95. The Morgan fingerprint density at radius 3 is 2.36 bits per heavy atom. The number of aromatic nitrogens is 1. The summed E-state index contributed by atoms with van der Waals surface area (Å²) in [6, 6.07) is 11.7. The van der Waals surface area contributed by atoms with E-state index >= 15 is 0 Å². The normalized spacial score (nSPS) is 10.5. The average molecular weight is 454 g/mol. The lowest BCUT2D eigenvalue weighted by molar-refractivity contribution is 0.0695. The number of hydrogen-bond donors (Lipinski definition) is 4. The first-order chi connectivity index (χ1) is 15.8. The van der Waals surface area contributed by atoms with Crippen LogP contribution in [0.3, 0.4) is 0 Å². The van der Waals surface area contributed by atoms with Crippen LogP contribution in [-0.2, 0) is 6.61 Å². The van der Waals surface area contributed by atoms with Crippen LogP contribution in [0.4, 0.5) is 5.82 Å². The van der Waals surface area contributed by atoms with E-state index in [1.54, 1.807) is 20.1 Å². The summed E-state index contributed by atoms with van der Waals surface area (Å²) in [6.45, 7) is 2.19. The number of methoxy groups -OCH3 is 1. The molecule has 0 aliphatic carbocycles. The second-order valence-electron chi connectivity index (χ2n) is 6.84. The predicted molar refractivity (Wildman–Crippen MR) is 119 cm³/mol. The number of benzene rings is 2. The number of carbonyl (C=O) groups is 2. The molecule has 172 valence electrons. The van der Waals surface area contributed by atoms with Gasteiger partial charge in [-0.25, -0.2) is 9.59 Å². The van der Waals surface area contributed by atoms with E-state index in [1.165, 1.54) is 18.2 Å². The van der Waals surface area contributed by atoms with Crippen LogP contribution in [0, 0.1) is 0 Å². The molecule has 10 heteroatoms. The van der Waals surface area contributed by atoms with Crippen molar-refractivity contribution in [3.05, 3.63) is 69.5 Å². The lowest BCUT2D eigenvalue weighted by Gasteiger charge is -2.16. The number of pyridine rings is 1. The van der Waals surface area contributed by atoms with Crippen molar-refractivity contribution in [2.75, 3.05) is 19.5 Å². The molecule has 2 aromatic carbocycles. The Morgan fingerprint density at radius 1 is 1.00 bits per heavy atom. The number of aromatic carboxylic acids is 2. The summed E-state index contributed by atoms with van der Waals surface area (Å²) in [5, 5.41) is 19.2. The van der Waals surface area contributed by atoms with Gasteiger partial charge in [0.05, 0.1) is 13.7 Å². The van der Waals surface area contributed by atoms with E-state index in [9.17, 15) is 24.6 Å². The number of carboxylic acid groups (broad SMARTS) is 2. The van der Waals surface area contributed by atoms with Crippen molar-refractivity contribution in [1.29, 1.82) is 0 Å². The van der Waals surface area contributed by atoms with Gasteiger partial charge in [0.25, 0.3) is 5.56 Å². The van der Waals surface area contributed by atoms with Crippen LogP contribution in [-0.4, -0.2) is 40.9 Å². The van der Waals surface area contributed by atoms with Gasteiger partial charge in [-0.3, -0.25) is 4.79 Å². The largest absolute Gasteiger partial charge is 0.497 e. The van der Waals surface area contributed by atoms with Crippen LogP contribution in [0.5, 0.6) is 17.2 Å². The smallest absolute Gasteiger partial charge is 0.342 e. The minimum absolute atomic E-state index is 0.125. The van der Waals surface area contributed by atoms with E-state index in [1.807, 2.05) is 18.2 Å². The molecule has 0 atom stereocenters. The molecule has 33 heavy (non-hydrogen) atoms. The third kappa shape index (κ3) is 4.90. The third-order valence-corrected chi connectivity index (χ3v) is 4.73. The molecule has 0 saturated carbocycles. The fraction of sp³-hybridized carbons (Fsp3) is 0.174. The highest BCUT2D eigenvalue weighted by atomic mass is 16.5. The lowest BCUT2D eigenvalue weighted by Crippen LogP contribution is -2.24. The quantitative estimate of drug-likeness (QED) is 0.381. The van der Waals surface area contributed by atoms with Gasteiger partial charge in [0, 0.05) is 5.56 Å². The summed E-state index contributed by atoms with van der Waals surface area (Å²) in [4.78, 5) is 37.9. The standard InChI is InChI=1S/C23H22N2O8/c1-3-32-16-10-13(7-8-15(16)33-11-12-5-4-6-14(9-12)31-2)17-18(22(27)28)20(24)25-21(26)19(17)23(29)30/h4-10H,3,11H2,1-2H3,(H,27,28)(H,29,30)(H3,24,25,26). The van der Waals surface area contributed by atoms with Crippen molar-refractivity contribution < 1.29 is 34.0 Å². The molecular weight excluding hydrogens is 432 g/mol. The number of hydrogen-bond acceptors (Lipinski definition) is 7. The van der Waals surface area contributed by atoms with Gasteiger partial charge in [-0.2, -0.15) is 0 Å². The number of H-pyrrole nitrogens is 1. The number of nitrogens with one attached hydrogen (secondary N) is 1. The number of rotatable bonds is 9. The van der Waals surface area contributed by atoms with E-state index < -0.39 is 34.4 Å². The summed E-state index contributed by atoms with van der Waals surface area (Å²) >= 11 is 0. The SMILES string of the molecule is CCOc1cc(-c2c(C(=O)O)c(N)[nH]c(=O)c2C(=O)O)ccc1OCc1cccc(OC)c1. The van der Waals surface area contributed by atoms with E-state index in [-0.39, 0.29) is 30.1 Å². The zero-order valence-corrected chi connectivity index (χ0v) is 17.9. The van der Waals surface area contributed by atoms with Crippen molar-refractivity contribution >= 4 is 17.8 Å². The maximum atomic E-state index is 12.3. The Balaban J connectivity index is 2.09. The molecule has 0 saturated heterocycles. The maximum Gasteiger partial charge on any atom is 0.342 e. The molecule has 5 N–H and O–H groups in total. The van der Waals surface area contributed by atoms with E-state index in [0.717, 1.165) is 5.56 Å². The summed E-state index contributed by atoms with van der Waals surface area (Å²) < 4.78 is 16.7. The Kier molecular flexibility index (Phi) is 6.87. The third-order valence-electron chi connectivity index (χ3n) is 4.73. The van der Waals surface area contributed by atoms with Crippen molar-refractivity contribution in [3.8, 4) is 28.4 Å². The molecule has 0 spiro atoms. The molecule has 3 aromatic rings. The van der Waals surface area contributed by atoms with Crippen molar-refractivity contribution in [1.82, 2.24) is 4.98 Å². The monoisotopic (exact) mass is 454 g/mol. The van der Waals surface area contributed by atoms with Gasteiger partial charge < -0.3 is 35.1 Å². The Labute approximate surface area is 188 Å². The second kappa shape index (κ2) is 9.77. The van der Waals surface area contributed by atoms with Gasteiger partial charge in [0.15, 0.2) is 11.5 Å². The Bertz CT molecular complexity index is 1270.